The minimum Gasteiger partial charge on any atom is -0.482 e. The van der Waals surface area contributed by atoms with Crippen LogP contribution in [0.4, 0.5) is 0 Å². The fourth-order valence-electron chi connectivity index (χ4n) is 5.39. The van der Waals surface area contributed by atoms with Crippen molar-refractivity contribution in [3.05, 3.63) is 65.7 Å². The molecule has 2 aromatic rings. The van der Waals surface area contributed by atoms with E-state index >= 15 is 0 Å². The van der Waals surface area contributed by atoms with Crippen LogP contribution in [0.5, 0.6) is 5.75 Å². The van der Waals surface area contributed by atoms with Gasteiger partial charge in [0.2, 0.25) is 5.91 Å². The molecule has 0 radical (unpaired) electrons. The minimum absolute atomic E-state index is 0.0741. The number of carbonyl (C=O) groups is 3. The Hall–Kier alpha value is -3.35. The Morgan fingerprint density at radius 1 is 1.06 bits per heavy atom. The molecule has 7 nitrogen and oxygen atoms in total. The molecule has 35 heavy (non-hydrogen) atoms. The maximum Gasteiger partial charge on any atom is 0.341 e. The lowest BCUT2D eigenvalue weighted by molar-refractivity contribution is -0.140. The predicted octanol–water partition coefficient (Wildman–Crippen LogP) is 3.87. The first-order valence-electron chi connectivity index (χ1n) is 12.4. The highest BCUT2D eigenvalue weighted by Crippen LogP contribution is 2.45. The SMILES string of the molecule is CC(C)CN1C(=O)C2(CCN(C(=O)c3ccc(OCC(=O)O)cc3)CC2)C[C@@H]1Cc1ccccc1. The standard InChI is InChI=1S/C28H34N2O5/c1-20(2)18-30-23(16-21-6-4-3-5-7-21)17-28(27(30)34)12-14-29(15-13-28)26(33)22-8-10-24(11-9-22)35-19-25(31)32/h3-11,20,23H,12-19H2,1-2H3,(H,31,32)/t23-/m0/s1. The van der Waals surface area contributed by atoms with Gasteiger partial charge in [0.15, 0.2) is 6.61 Å². The summed E-state index contributed by atoms with van der Waals surface area (Å²) in [6.07, 6.45) is 3.06. The molecule has 2 aromatic carbocycles. The fraction of sp³-hybridized carbons (Fsp3) is 0.464. The molecule has 1 spiro atoms. The summed E-state index contributed by atoms with van der Waals surface area (Å²) in [6, 6.07) is 17.1. The molecule has 2 aliphatic heterocycles. The van der Waals surface area contributed by atoms with E-state index in [0.29, 0.717) is 43.2 Å². The van der Waals surface area contributed by atoms with Crippen molar-refractivity contribution >= 4 is 17.8 Å². The largest absolute Gasteiger partial charge is 0.482 e. The van der Waals surface area contributed by atoms with Gasteiger partial charge in [-0.15, -0.1) is 0 Å². The molecule has 2 fully saturated rings. The highest BCUT2D eigenvalue weighted by Gasteiger charge is 2.52. The number of likely N-dealkylation sites (tertiary alicyclic amines) is 2. The molecule has 7 heteroatoms. The number of hydrogen-bond acceptors (Lipinski definition) is 4. The minimum atomic E-state index is -1.05. The number of piperidine rings is 1. The lowest BCUT2D eigenvalue weighted by atomic mass is 9.75. The van der Waals surface area contributed by atoms with Crippen molar-refractivity contribution in [3.8, 4) is 5.75 Å². The number of carboxylic acid groups (broad SMARTS) is 1. The predicted molar refractivity (Wildman–Crippen MR) is 132 cm³/mol. The second-order valence-corrected chi connectivity index (χ2v) is 10.2. The van der Waals surface area contributed by atoms with Crippen molar-refractivity contribution < 1.29 is 24.2 Å². The van der Waals surface area contributed by atoms with Crippen molar-refractivity contribution in [3.63, 3.8) is 0 Å². The van der Waals surface area contributed by atoms with Crippen molar-refractivity contribution in [2.45, 2.75) is 45.6 Å². The van der Waals surface area contributed by atoms with Crippen molar-refractivity contribution in [2.75, 3.05) is 26.2 Å². The van der Waals surface area contributed by atoms with Crippen LogP contribution in [0.1, 0.15) is 49.0 Å². The summed E-state index contributed by atoms with van der Waals surface area (Å²) in [5, 5.41) is 8.73. The third-order valence-electron chi connectivity index (χ3n) is 7.13. The summed E-state index contributed by atoms with van der Waals surface area (Å²) in [7, 11) is 0. The number of hydrogen-bond donors (Lipinski definition) is 1. The number of carboxylic acids is 1. The average molecular weight is 479 g/mol. The van der Waals surface area contributed by atoms with E-state index in [-0.39, 0.29) is 23.3 Å². The number of benzene rings is 2. The smallest absolute Gasteiger partial charge is 0.341 e. The Labute approximate surface area is 206 Å². The van der Waals surface area contributed by atoms with Gasteiger partial charge in [-0.25, -0.2) is 4.79 Å². The Morgan fingerprint density at radius 3 is 2.31 bits per heavy atom. The molecule has 0 saturated carbocycles. The van der Waals surface area contributed by atoms with E-state index in [4.69, 9.17) is 9.84 Å². The Bertz CT molecular complexity index is 1040. The molecule has 186 valence electrons. The topological polar surface area (TPSA) is 87.2 Å². The maximum atomic E-state index is 13.7. The molecule has 1 N–H and O–H groups in total. The zero-order valence-electron chi connectivity index (χ0n) is 20.5. The van der Waals surface area contributed by atoms with Gasteiger partial charge >= 0.3 is 5.97 Å². The number of rotatable bonds is 8. The normalized spacial score (nSPS) is 19.4. The van der Waals surface area contributed by atoms with Crippen LogP contribution in [0, 0.1) is 11.3 Å². The average Bonchev–Trinajstić information content (AvgIpc) is 3.08. The van der Waals surface area contributed by atoms with Crippen LogP contribution in [0.2, 0.25) is 0 Å². The lowest BCUT2D eigenvalue weighted by Gasteiger charge is -2.38. The second-order valence-electron chi connectivity index (χ2n) is 10.2. The number of ether oxygens (including phenoxy) is 1. The highest BCUT2D eigenvalue weighted by atomic mass is 16.5. The summed E-state index contributed by atoms with van der Waals surface area (Å²) in [5.41, 5.74) is 1.39. The maximum absolute atomic E-state index is 13.7. The van der Waals surface area contributed by atoms with Crippen molar-refractivity contribution in [1.82, 2.24) is 9.80 Å². The number of aliphatic carboxylic acids is 1. The van der Waals surface area contributed by atoms with E-state index in [1.807, 2.05) is 23.1 Å². The van der Waals surface area contributed by atoms with Crippen LogP contribution >= 0.6 is 0 Å². The van der Waals surface area contributed by atoms with Gasteiger partial charge in [-0.1, -0.05) is 44.2 Å². The van der Waals surface area contributed by atoms with Gasteiger partial charge in [-0.2, -0.15) is 0 Å². The summed E-state index contributed by atoms with van der Waals surface area (Å²) in [4.78, 5) is 41.3. The van der Waals surface area contributed by atoms with Gasteiger partial charge in [-0.3, -0.25) is 9.59 Å². The summed E-state index contributed by atoms with van der Waals surface area (Å²) < 4.78 is 5.15. The van der Waals surface area contributed by atoms with Gasteiger partial charge in [0, 0.05) is 31.2 Å². The zero-order chi connectivity index (χ0) is 25.0. The molecular formula is C28H34N2O5. The number of carbonyl (C=O) groups excluding carboxylic acids is 2. The van der Waals surface area contributed by atoms with Gasteiger partial charge < -0.3 is 19.6 Å². The van der Waals surface area contributed by atoms with Crippen molar-refractivity contribution in [2.24, 2.45) is 11.3 Å². The first kappa shape index (κ1) is 24.8. The molecule has 0 aromatic heterocycles. The Kier molecular flexibility index (Phi) is 7.43. The summed E-state index contributed by atoms with van der Waals surface area (Å²) in [6.45, 7) is 5.74. The third-order valence-corrected chi connectivity index (χ3v) is 7.13. The van der Waals surface area contributed by atoms with Crippen LogP contribution in [-0.2, 0) is 16.0 Å². The zero-order valence-corrected chi connectivity index (χ0v) is 20.5. The Morgan fingerprint density at radius 2 is 1.71 bits per heavy atom. The first-order valence-corrected chi connectivity index (χ1v) is 12.4. The van der Waals surface area contributed by atoms with Crippen LogP contribution in [-0.4, -0.2) is 65.0 Å². The van der Waals surface area contributed by atoms with E-state index in [1.54, 1.807) is 24.3 Å². The molecule has 2 saturated heterocycles. The molecule has 2 amide bonds. The monoisotopic (exact) mass is 478 g/mol. The third kappa shape index (κ3) is 5.66. The summed E-state index contributed by atoms with van der Waals surface area (Å²) >= 11 is 0. The van der Waals surface area contributed by atoms with E-state index < -0.39 is 12.6 Å². The van der Waals surface area contributed by atoms with Crippen LogP contribution in [0.3, 0.4) is 0 Å². The molecule has 2 aliphatic rings. The molecule has 0 aliphatic carbocycles. The van der Waals surface area contributed by atoms with Gasteiger partial charge in [0.1, 0.15) is 5.75 Å². The number of amides is 2. The second kappa shape index (κ2) is 10.5. The van der Waals surface area contributed by atoms with E-state index in [1.165, 1.54) is 5.56 Å². The molecule has 1 atom stereocenters. The van der Waals surface area contributed by atoms with Crippen LogP contribution < -0.4 is 4.74 Å². The van der Waals surface area contributed by atoms with Gasteiger partial charge in [-0.05, 0) is 61.4 Å². The number of nitrogens with zero attached hydrogens (tertiary/aromatic N) is 2. The quantitative estimate of drug-likeness (QED) is 0.622. The van der Waals surface area contributed by atoms with Crippen molar-refractivity contribution in [1.29, 1.82) is 0 Å². The molecule has 0 bridgehead atoms. The lowest BCUT2D eigenvalue weighted by Crippen LogP contribution is -2.47. The molecule has 4 rings (SSSR count). The highest BCUT2D eigenvalue weighted by molar-refractivity contribution is 5.94. The van der Waals surface area contributed by atoms with E-state index in [9.17, 15) is 14.4 Å². The Balaban J connectivity index is 1.41. The van der Waals surface area contributed by atoms with Gasteiger partial charge in [0.05, 0.1) is 5.41 Å². The van der Waals surface area contributed by atoms with E-state index in [0.717, 1.165) is 19.4 Å². The van der Waals surface area contributed by atoms with Gasteiger partial charge in [0.25, 0.3) is 5.91 Å². The molecule has 0 unspecified atom stereocenters. The first-order chi connectivity index (χ1) is 16.8. The van der Waals surface area contributed by atoms with Crippen LogP contribution in [0.25, 0.3) is 0 Å². The fourth-order valence-corrected chi connectivity index (χ4v) is 5.39. The molecule has 2 heterocycles. The van der Waals surface area contributed by atoms with Crippen LogP contribution in [0.15, 0.2) is 54.6 Å². The van der Waals surface area contributed by atoms with E-state index in [2.05, 4.69) is 30.9 Å². The molecular weight excluding hydrogens is 444 g/mol. The summed E-state index contributed by atoms with van der Waals surface area (Å²) in [5.74, 6) is -0.0646.